The fraction of sp³-hybridized carbons (Fsp3) is 0.769. The molecule has 0 aliphatic rings. The standard InChI is InChI=1S/C9H15O3.C4H9.Y/c1-9(2,3)7-12-8(11)5-4-6-10;1-4(2)3;/h4-5,7H2,1-3H3;1-3H3;/q2*-1;. The average Bonchev–Trinajstić information content (AvgIpc) is 2.09. The van der Waals surface area contributed by atoms with Crippen molar-refractivity contribution in [3.8, 4) is 0 Å². The third-order valence-corrected chi connectivity index (χ3v) is 1.10. The van der Waals surface area contributed by atoms with Gasteiger partial charge in [-0.2, -0.15) is 20.8 Å². The molecule has 0 aliphatic heterocycles. The number of carbonyl (C=O) groups is 1. The van der Waals surface area contributed by atoms with Crippen molar-refractivity contribution in [1.29, 1.82) is 0 Å². The molecule has 0 spiro atoms. The monoisotopic (exact) mass is 317 g/mol. The molecule has 0 bridgehead atoms. The average molecular weight is 317 g/mol. The summed E-state index contributed by atoms with van der Waals surface area (Å²) >= 11 is 0. The summed E-state index contributed by atoms with van der Waals surface area (Å²) in [4.78, 5) is 20.6. The Labute approximate surface area is 131 Å². The Bertz CT molecular complexity index is 193. The van der Waals surface area contributed by atoms with Gasteiger partial charge >= 0.3 is 5.97 Å². The maximum absolute atomic E-state index is 10.8. The molecule has 4 heteroatoms. The number of hydrogen-bond acceptors (Lipinski definition) is 3. The SMILES string of the molecule is CC(C)(C)COC(=O)CC[C-]=O.C[C-](C)C.[Y]. The second-order valence-electron chi connectivity index (χ2n) is 5.37. The van der Waals surface area contributed by atoms with Gasteiger partial charge in [0.1, 0.15) is 0 Å². The van der Waals surface area contributed by atoms with Gasteiger partial charge in [0.2, 0.25) is 0 Å². The van der Waals surface area contributed by atoms with Crippen LogP contribution in [0.25, 0.3) is 0 Å². The van der Waals surface area contributed by atoms with E-state index in [9.17, 15) is 9.59 Å². The minimum Gasteiger partial charge on any atom is -0.542 e. The van der Waals surface area contributed by atoms with Gasteiger partial charge < -0.3 is 15.4 Å². The van der Waals surface area contributed by atoms with Gasteiger partial charge in [-0.15, -0.1) is 6.42 Å². The number of esters is 1. The van der Waals surface area contributed by atoms with Crippen LogP contribution >= 0.6 is 0 Å². The quantitative estimate of drug-likeness (QED) is 0.591. The van der Waals surface area contributed by atoms with E-state index < -0.39 is 0 Å². The molecule has 0 aromatic carbocycles. The molecule has 0 amide bonds. The van der Waals surface area contributed by atoms with Crippen LogP contribution in [0.4, 0.5) is 0 Å². The third kappa shape index (κ3) is 31.4. The Kier molecular flexibility index (Phi) is 16.7. The summed E-state index contributed by atoms with van der Waals surface area (Å²) in [6.45, 7) is 12.6. The molecule has 0 aliphatic carbocycles. The van der Waals surface area contributed by atoms with E-state index in [1.165, 1.54) is 5.92 Å². The smallest absolute Gasteiger partial charge is 0.303 e. The third-order valence-electron chi connectivity index (χ3n) is 1.10. The van der Waals surface area contributed by atoms with Gasteiger partial charge in [0.25, 0.3) is 0 Å². The maximum Gasteiger partial charge on any atom is 0.303 e. The van der Waals surface area contributed by atoms with Gasteiger partial charge in [0, 0.05) is 39.1 Å². The topological polar surface area (TPSA) is 43.4 Å². The second-order valence-corrected chi connectivity index (χ2v) is 5.37. The Hall–Kier alpha value is 0.244. The van der Waals surface area contributed by atoms with Crippen LogP contribution in [0, 0.1) is 11.3 Å². The van der Waals surface area contributed by atoms with Crippen molar-refractivity contribution in [1.82, 2.24) is 0 Å². The van der Waals surface area contributed by atoms with Crippen molar-refractivity contribution in [2.45, 2.75) is 54.4 Å². The molecule has 0 saturated carbocycles. The predicted octanol–water partition coefficient (Wildman–Crippen LogP) is 3.08. The van der Waals surface area contributed by atoms with Gasteiger partial charge in [-0.3, -0.25) is 11.1 Å². The molecule has 0 N–H and O–H groups in total. The van der Waals surface area contributed by atoms with Crippen molar-refractivity contribution in [2.75, 3.05) is 6.61 Å². The first kappa shape index (κ1) is 22.4. The van der Waals surface area contributed by atoms with Crippen molar-refractivity contribution in [2.24, 2.45) is 5.41 Å². The molecule has 0 rings (SSSR count). The fourth-order valence-corrected chi connectivity index (χ4v) is 0.522. The molecule has 3 nitrogen and oxygen atoms in total. The molecule has 0 aromatic heterocycles. The van der Waals surface area contributed by atoms with Gasteiger partial charge in [-0.1, -0.05) is 20.8 Å². The van der Waals surface area contributed by atoms with E-state index >= 15 is 0 Å². The zero-order chi connectivity index (χ0) is 13.2. The molecular formula is C13H24O3Y-2. The number of rotatable bonds is 4. The second kappa shape index (κ2) is 12.7. The van der Waals surface area contributed by atoms with Gasteiger partial charge in [-0.05, 0) is 5.41 Å². The summed E-state index contributed by atoms with van der Waals surface area (Å²) in [5, 5.41) is 0. The van der Waals surface area contributed by atoms with Crippen LogP contribution in [0.15, 0.2) is 0 Å². The molecule has 99 valence electrons. The number of ether oxygens (including phenoxy) is 1. The van der Waals surface area contributed by atoms with Crippen LogP contribution in [-0.2, 0) is 47.0 Å². The zero-order valence-electron chi connectivity index (χ0n) is 11.9. The van der Waals surface area contributed by atoms with Crippen molar-refractivity contribution >= 4 is 12.3 Å². The fourth-order valence-electron chi connectivity index (χ4n) is 0.522. The molecule has 0 unspecified atom stereocenters. The van der Waals surface area contributed by atoms with Crippen LogP contribution in [0.5, 0.6) is 0 Å². The Morgan fingerprint density at radius 2 is 1.65 bits per heavy atom. The van der Waals surface area contributed by atoms with Crippen molar-refractivity contribution < 1.29 is 47.0 Å². The molecule has 1 radical (unpaired) electrons. The van der Waals surface area contributed by atoms with Gasteiger partial charge in [0.05, 0.1) is 6.61 Å². The molecular weight excluding hydrogens is 293 g/mol. The summed E-state index contributed by atoms with van der Waals surface area (Å²) in [7, 11) is 0. The summed E-state index contributed by atoms with van der Waals surface area (Å²) in [5.41, 5.74) is -0.0133. The summed E-state index contributed by atoms with van der Waals surface area (Å²) in [6, 6.07) is 0. The van der Waals surface area contributed by atoms with Crippen LogP contribution < -0.4 is 0 Å². The van der Waals surface area contributed by atoms with Crippen LogP contribution in [0.1, 0.15) is 54.4 Å². The molecule has 0 fully saturated rings. The maximum atomic E-state index is 10.8. The van der Waals surface area contributed by atoms with E-state index in [4.69, 9.17) is 4.74 Å². The minimum atomic E-state index is -0.326. The minimum absolute atomic E-state index is 0. The zero-order valence-corrected chi connectivity index (χ0v) is 14.8. The largest absolute Gasteiger partial charge is 0.542 e. The van der Waals surface area contributed by atoms with E-state index in [0.29, 0.717) is 6.61 Å². The van der Waals surface area contributed by atoms with E-state index in [0.717, 1.165) is 0 Å². The van der Waals surface area contributed by atoms with Gasteiger partial charge in [0.15, 0.2) is 0 Å². The molecule has 0 saturated heterocycles. The summed E-state index contributed by atoms with van der Waals surface area (Å²) in [6.07, 6.45) is 1.91. The molecule has 0 heterocycles. The van der Waals surface area contributed by atoms with E-state index in [1.54, 1.807) is 6.29 Å². The van der Waals surface area contributed by atoms with Crippen LogP contribution in [0.2, 0.25) is 0 Å². The number of hydrogen-bond donors (Lipinski definition) is 0. The number of carbonyl (C=O) groups excluding carboxylic acids is 2. The Balaban J connectivity index is -0.000000340. The Morgan fingerprint density at radius 3 is 1.94 bits per heavy atom. The van der Waals surface area contributed by atoms with E-state index in [-0.39, 0.29) is 56.9 Å². The van der Waals surface area contributed by atoms with Crippen molar-refractivity contribution in [3.63, 3.8) is 0 Å². The van der Waals surface area contributed by atoms with Crippen molar-refractivity contribution in [3.05, 3.63) is 5.92 Å². The first-order chi connectivity index (χ1) is 7.19. The Morgan fingerprint density at radius 1 is 1.24 bits per heavy atom. The summed E-state index contributed by atoms with van der Waals surface area (Å²) < 4.78 is 4.89. The normalized spacial score (nSPS) is 9.82. The summed E-state index contributed by atoms with van der Waals surface area (Å²) in [5.74, 6) is 1.09. The first-order valence-corrected chi connectivity index (χ1v) is 5.46. The van der Waals surface area contributed by atoms with E-state index in [1.807, 2.05) is 20.8 Å². The van der Waals surface area contributed by atoms with Crippen LogP contribution in [0.3, 0.4) is 0 Å². The molecule has 0 aromatic rings. The van der Waals surface area contributed by atoms with E-state index in [2.05, 4.69) is 20.8 Å². The molecule has 0 atom stereocenters. The first-order valence-electron chi connectivity index (χ1n) is 5.46. The predicted molar refractivity (Wildman–Crippen MR) is 65.6 cm³/mol. The molecule has 17 heavy (non-hydrogen) atoms. The van der Waals surface area contributed by atoms with Crippen LogP contribution in [-0.4, -0.2) is 18.9 Å². The van der Waals surface area contributed by atoms with Gasteiger partial charge in [-0.25, -0.2) is 0 Å².